The zero-order valence-electron chi connectivity index (χ0n) is 14.9. The lowest BCUT2D eigenvalue weighted by Gasteiger charge is -2.38. The number of aromatic nitrogens is 1. The lowest BCUT2D eigenvalue weighted by Crippen LogP contribution is -2.48. The van der Waals surface area contributed by atoms with E-state index in [9.17, 15) is 14.4 Å². The smallest absolute Gasteiger partial charge is 0.325 e. The molecule has 7 nitrogen and oxygen atoms in total. The first-order valence-electron chi connectivity index (χ1n) is 8.94. The third kappa shape index (κ3) is 2.55. The van der Waals surface area contributed by atoms with Gasteiger partial charge >= 0.3 is 6.03 Å². The normalized spacial score (nSPS) is 20.0. The number of rotatable bonds is 3. The fourth-order valence-corrected chi connectivity index (χ4v) is 4.08. The SMILES string of the molecule is CC(C)[C@@H]1c2[nH]c3ccccc3c2CCN1C(=O)CN1C(=O)CNC1=O. The van der Waals surface area contributed by atoms with E-state index in [4.69, 9.17) is 0 Å². The summed E-state index contributed by atoms with van der Waals surface area (Å²) >= 11 is 0. The monoisotopic (exact) mass is 354 g/mol. The minimum atomic E-state index is -0.493. The van der Waals surface area contributed by atoms with E-state index in [2.05, 4.69) is 30.2 Å². The summed E-state index contributed by atoms with van der Waals surface area (Å²) in [5.41, 5.74) is 3.41. The Labute approximate surface area is 151 Å². The maximum Gasteiger partial charge on any atom is 0.325 e. The van der Waals surface area contributed by atoms with Gasteiger partial charge in [0.2, 0.25) is 5.91 Å². The molecule has 0 saturated carbocycles. The predicted molar refractivity (Wildman–Crippen MR) is 96.4 cm³/mol. The molecular weight excluding hydrogens is 332 g/mol. The van der Waals surface area contributed by atoms with Crippen LogP contribution in [0.15, 0.2) is 24.3 Å². The number of nitrogens with zero attached hydrogens (tertiary/aromatic N) is 2. The van der Waals surface area contributed by atoms with Crippen LogP contribution in [0.4, 0.5) is 4.79 Å². The number of nitrogens with one attached hydrogen (secondary N) is 2. The molecule has 0 bridgehead atoms. The molecule has 26 heavy (non-hydrogen) atoms. The van der Waals surface area contributed by atoms with E-state index in [0.29, 0.717) is 6.54 Å². The van der Waals surface area contributed by atoms with Crippen molar-refractivity contribution in [3.05, 3.63) is 35.5 Å². The topological polar surface area (TPSA) is 85.5 Å². The van der Waals surface area contributed by atoms with Gasteiger partial charge < -0.3 is 15.2 Å². The van der Waals surface area contributed by atoms with Crippen LogP contribution in [0.2, 0.25) is 0 Å². The molecule has 136 valence electrons. The number of H-pyrrole nitrogens is 1. The summed E-state index contributed by atoms with van der Waals surface area (Å²) in [5.74, 6) is -0.347. The van der Waals surface area contributed by atoms with Crippen LogP contribution >= 0.6 is 0 Å². The summed E-state index contributed by atoms with van der Waals surface area (Å²) in [7, 11) is 0. The van der Waals surface area contributed by atoms with Crippen molar-refractivity contribution < 1.29 is 14.4 Å². The highest BCUT2D eigenvalue weighted by Crippen LogP contribution is 2.38. The van der Waals surface area contributed by atoms with Gasteiger partial charge in [-0.15, -0.1) is 0 Å². The third-order valence-corrected chi connectivity index (χ3v) is 5.26. The molecule has 1 atom stereocenters. The summed E-state index contributed by atoms with van der Waals surface area (Å²) in [5, 5.41) is 3.66. The fraction of sp³-hybridized carbons (Fsp3) is 0.421. The molecule has 2 aromatic rings. The Balaban J connectivity index is 1.66. The minimum absolute atomic E-state index is 0.0358. The Morgan fingerprint density at radius 1 is 1.27 bits per heavy atom. The van der Waals surface area contributed by atoms with Crippen molar-refractivity contribution in [2.24, 2.45) is 5.92 Å². The van der Waals surface area contributed by atoms with Gasteiger partial charge in [0.25, 0.3) is 5.91 Å². The Hall–Kier alpha value is -2.83. The quantitative estimate of drug-likeness (QED) is 0.824. The van der Waals surface area contributed by atoms with Gasteiger partial charge in [-0.05, 0) is 24.0 Å². The second-order valence-corrected chi connectivity index (χ2v) is 7.23. The van der Waals surface area contributed by atoms with Crippen LogP contribution < -0.4 is 5.32 Å². The van der Waals surface area contributed by atoms with E-state index in [1.54, 1.807) is 4.90 Å². The van der Waals surface area contributed by atoms with Crippen molar-refractivity contribution in [3.63, 3.8) is 0 Å². The molecule has 4 rings (SSSR count). The summed E-state index contributed by atoms with van der Waals surface area (Å²) in [6.07, 6.45) is 0.758. The highest BCUT2D eigenvalue weighted by Gasteiger charge is 2.38. The third-order valence-electron chi connectivity index (χ3n) is 5.26. The zero-order valence-corrected chi connectivity index (χ0v) is 14.9. The van der Waals surface area contributed by atoms with Gasteiger partial charge in [-0.2, -0.15) is 0 Å². The van der Waals surface area contributed by atoms with Crippen molar-refractivity contribution in [3.8, 4) is 0 Å². The molecule has 1 saturated heterocycles. The van der Waals surface area contributed by atoms with E-state index in [-0.39, 0.29) is 36.9 Å². The molecule has 2 aliphatic heterocycles. The van der Waals surface area contributed by atoms with Crippen molar-refractivity contribution in [2.45, 2.75) is 26.3 Å². The Kier molecular flexibility index (Phi) is 3.94. The first-order chi connectivity index (χ1) is 12.5. The van der Waals surface area contributed by atoms with Crippen molar-refractivity contribution in [1.29, 1.82) is 0 Å². The molecule has 2 N–H and O–H groups in total. The summed E-state index contributed by atoms with van der Waals surface area (Å²) in [6, 6.07) is 7.58. The van der Waals surface area contributed by atoms with Crippen LogP contribution in [-0.2, 0) is 16.0 Å². The highest BCUT2D eigenvalue weighted by molar-refractivity contribution is 6.04. The highest BCUT2D eigenvalue weighted by atomic mass is 16.2. The van der Waals surface area contributed by atoms with Gasteiger partial charge in [-0.3, -0.25) is 14.5 Å². The van der Waals surface area contributed by atoms with Crippen LogP contribution in [0, 0.1) is 5.92 Å². The second-order valence-electron chi connectivity index (χ2n) is 7.23. The standard InChI is InChI=1S/C19H22N4O3/c1-11(2)18-17-13(12-5-3-4-6-14(12)21-17)7-8-22(18)16(25)10-23-15(24)9-20-19(23)26/h3-6,11,18,21H,7-10H2,1-2H3,(H,20,26)/t18-/m1/s1. The van der Waals surface area contributed by atoms with Gasteiger partial charge in [0, 0.05) is 23.1 Å². The first-order valence-corrected chi connectivity index (χ1v) is 8.94. The van der Waals surface area contributed by atoms with Crippen LogP contribution in [0.1, 0.15) is 31.1 Å². The number of imide groups is 1. The molecule has 0 aliphatic carbocycles. The van der Waals surface area contributed by atoms with E-state index in [1.807, 2.05) is 18.2 Å². The summed E-state index contributed by atoms with van der Waals surface area (Å²) < 4.78 is 0. The predicted octanol–water partition coefficient (Wildman–Crippen LogP) is 1.80. The minimum Gasteiger partial charge on any atom is -0.356 e. The van der Waals surface area contributed by atoms with Crippen molar-refractivity contribution >= 4 is 28.7 Å². The van der Waals surface area contributed by atoms with Gasteiger partial charge in [0.1, 0.15) is 6.54 Å². The van der Waals surface area contributed by atoms with E-state index < -0.39 is 6.03 Å². The van der Waals surface area contributed by atoms with Crippen LogP contribution in [0.5, 0.6) is 0 Å². The maximum absolute atomic E-state index is 12.9. The summed E-state index contributed by atoms with van der Waals surface area (Å²) in [4.78, 5) is 42.8. The Morgan fingerprint density at radius 3 is 2.73 bits per heavy atom. The lowest BCUT2D eigenvalue weighted by molar-refractivity contribution is -0.139. The van der Waals surface area contributed by atoms with E-state index in [0.717, 1.165) is 22.5 Å². The number of aromatic amines is 1. The Bertz CT molecular complexity index is 885. The number of carbonyl (C=O) groups is 3. The van der Waals surface area contributed by atoms with Gasteiger partial charge in [-0.1, -0.05) is 32.0 Å². The van der Waals surface area contributed by atoms with E-state index >= 15 is 0 Å². The van der Waals surface area contributed by atoms with Crippen LogP contribution in [-0.4, -0.2) is 52.3 Å². The number of amides is 4. The number of para-hydroxylation sites is 1. The summed E-state index contributed by atoms with van der Waals surface area (Å²) in [6.45, 7) is 4.51. The number of carbonyl (C=O) groups excluding carboxylic acids is 3. The van der Waals surface area contributed by atoms with Crippen molar-refractivity contribution in [2.75, 3.05) is 19.6 Å². The lowest BCUT2D eigenvalue weighted by atomic mass is 9.90. The maximum atomic E-state index is 12.9. The molecule has 7 heteroatoms. The molecule has 0 radical (unpaired) electrons. The second kappa shape index (κ2) is 6.16. The van der Waals surface area contributed by atoms with Crippen LogP contribution in [0.25, 0.3) is 10.9 Å². The fourth-order valence-electron chi connectivity index (χ4n) is 4.08. The average molecular weight is 354 g/mol. The van der Waals surface area contributed by atoms with Crippen LogP contribution in [0.3, 0.4) is 0 Å². The number of benzene rings is 1. The number of hydrogen-bond acceptors (Lipinski definition) is 3. The molecule has 2 aliphatic rings. The van der Waals surface area contributed by atoms with Gasteiger partial charge in [0.05, 0.1) is 12.6 Å². The number of hydrogen-bond donors (Lipinski definition) is 2. The molecular formula is C19H22N4O3. The molecule has 0 unspecified atom stereocenters. The number of fused-ring (bicyclic) bond motifs is 3. The molecule has 3 heterocycles. The zero-order chi connectivity index (χ0) is 18.4. The first kappa shape index (κ1) is 16.6. The van der Waals surface area contributed by atoms with Gasteiger partial charge in [-0.25, -0.2) is 4.79 Å². The average Bonchev–Trinajstić information content (AvgIpc) is 3.15. The molecule has 1 fully saturated rings. The molecule has 1 aromatic carbocycles. The number of urea groups is 1. The molecule has 4 amide bonds. The largest absolute Gasteiger partial charge is 0.356 e. The van der Waals surface area contributed by atoms with Crippen molar-refractivity contribution in [1.82, 2.24) is 20.1 Å². The van der Waals surface area contributed by atoms with Gasteiger partial charge in [0.15, 0.2) is 0 Å². The van der Waals surface area contributed by atoms with E-state index in [1.165, 1.54) is 10.9 Å². The Morgan fingerprint density at radius 2 is 2.04 bits per heavy atom. The molecule has 1 aromatic heterocycles. The molecule has 0 spiro atoms.